The van der Waals surface area contributed by atoms with Crippen molar-refractivity contribution in [1.29, 1.82) is 0 Å². The number of nitrogens with one attached hydrogen (secondary N) is 1. The van der Waals surface area contributed by atoms with Crippen molar-refractivity contribution in [2.45, 2.75) is 6.92 Å². The maximum atomic E-state index is 12.2. The van der Waals surface area contributed by atoms with Gasteiger partial charge in [0.1, 0.15) is 5.82 Å². The zero-order chi connectivity index (χ0) is 16.4. The lowest BCUT2D eigenvalue weighted by molar-refractivity contribution is 0.0685. The topological polar surface area (TPSA) is 118 Å². The molecule has 0 aromatic carbocycles. The molecule has 3 aromatic heterocycles. The molecular weight excluding hydrogens is 298 g/mol. The molecule has 3 heterocycles. The quantitative estimate of drug-likeness (QED) is 0.755. The third-order valence-electron chi connectivity index (χ3n) is 3.18. The van der Waals surface area contributed by atoms with Crippen LogP contribution in [-0.4, -0.2) is 36.9 Å². The Labute approximate surface area is 130 Å². The van der Waals surface area contributed by atoms with E-state index in [9.17, 15) is 9.59 Å². The fraction of sp³-hybridized carbons (Fsp3) is 0.0667. The molecule has 0 spiro atoms. The highest BCUT2D eigenvalue weighted by molar-refractivity contribution is 6.08. The van der Waals surface area contributed by atoms with Crippen LogP contribution in [0.15, 0.2) is 36.8 Å². The third kappa shape index (κ3) is 2.82. The molecule has 0 saturated heterocycles. The molecule has 3 rings (SSSR count). The highest BCUT2D eigenvalue weighted by atomic mass is 16.4. The van der Waals surface area contributed by atoms with Crippen molar-refractivity contribution in [2.75, 3.05) is 5.32 Å². The molecule has 0 saturated carbocycles. The minimum absolute atomic E-state index is 0.252. The van der Waals surface area contributed by atoms with E-state index in [1.165, 1.54) is 12.4 Å². The third-order valence-corrected chi connectivity index (χ3v) is 3.18. The van der Waals surface area contributed by atoms with E-state index in [2.05, 4.69) is 25.3 Å². The summed E-state index contributed by atoms with van der Waals surface area (Å²) in [4.78, 5) is 39.1. The van der Waals surface area contributed by atoms with Gasteiger partial charge in [-0.2, -0.15) is 0 Å². The molecule has 0 atom stereocenters. The van der Waals surface area contributed by atoms with Crippen LogP contribution in [0, 0.1) is 6.92 Å². The molecule has 0 unspecified atom stereocenters. The Morgan fingerprint density at radius 1 is 1.00 bits per heavy atom. The van der Waals surface area contributed by atoms with Crippen LogP contribution in [0.25, 0.3) is 11.0 Å². The minimum Gasteiger partial charge on any atom is -0.476 e. The number of carboxylic acids is 1. The summed E-state index contributed by atoms with van der Waals surface area (Å²) in [5.41, 5.74) is 0.807. The van der Waals surface area contributed by atoms with Gasteiger partial charge in [-0.3, -0.25) is 4.79 Å². The van der Waals surface area contributed by atoms with E-state index in [4.69, 9.17) is 5.11 Å². The largest absolute Gasteiger partial charge is 0.476 e. The van der Waals surface area contributed by atoms with E-state index in [1.807, 2.05) is 13.0 Å². The SMILES string of the molecule is Cc1ccnc2nc(NC(=O)c3nccnc3C(=O)O)ccc12. The molecule has 0 radical (unpaired) electrons. The zero-order valence-corrected chi connectivity index (χ0v) is 12.0. The first kappa shape index (κ1) is 14.5. The number of hydrogen-bond donors (Lipinski definition) is 2. The summed E-state index contributed by atoms with van der Waals surface area (Å²) in [6, 6.07) is 5.27. The number of amides is 1. The molecule has 23 heavy (non-hydrogen) atoms. The summed E-state index contributed by atoms with van der Waals surface area (Å²) in [6.07, 6.45) is 4.09. The standard InChI is InChI=1S/C15H11N5O3/c1-8-4-5-18-13-9(8)2-3-10(19-13)20-14(21)11-12(15(22)23)17-7-6-16-11/h2-7H,1H3,(H,22,23)(H,18,19,20,21). The highest BCUT2D eigenvalue weighted by Crippen LogP contribution is 2.17. The maximum Gasteiger partial charge on any atom is 0.356 e. The van der Waals surface area contributed by atoms with Gasteiger partial charge in [0.05, 0.1) is 0 Å². The van der Waals surface area contributed by atoms with Crippen molar-refractivity contribution in [2.24, 2.45) is 0 Å². The van der Waals surface area contributed by atoms with E-state index in [1.54, 1.807) is 18.3 Å². The van der Waals surface area contributed by atoms with Crippen LogP contribution >= 0.6 is 0 Å². The van der Waals surface area contributed by atoms with Crippen LogP contribution < -0.4 is 5.32 Å². The Bertz CT molecular complexity index is 926. The number of rotatable bonds is 3. The van der Waals surface area contributed by atoms with Gasteiger partial charge in [0.15, 0.2) is 17.0 Å². The van der Waals surface area contributed by atoms with Gasteiger partial charge in [-0.15, -0.1) is 0 Å². The van der Waals surface area contributed by atoms with Gasteiger partial charge in [-0.1, -0.05) is 0 Å². The Morgan fingerprint density at radius 3 is 2.48 bits per heavy atom. The van der Waals surface area contributed by atoms with Gasteiger partial charge in [0.2, 0.25) is 0 Å². The van der Waals surface area contributed by atoms with Gasteiger partial charge in [-0.25, -0.2) is 24.7 Å². The van der Waals surface area contributed by atoms with E-state index in [0.29, 0.717) is 5.65 Å². The maximum absolute atomic E-state index is 12.2. The van der Waals surface area contributed by atoms with Crippen LogP contribution in [0.1, 0.15) is 26.5 Å². The predicted octanol–water partition coefficient (Wildman–Crippen LogP) is 1.68. The Hall–Kier alpha value is -3.42. The van der Waals surface area contributed by atoms with Gasteiger partial charge in [-0.05, 0) is 30.7 Å². The number of carbonyl (C=O) groups excluding carboxylic acids is 1. The number of carboxylic acid groups (broad SMARTS) is 1. The molecule has 0 fully saturated rings. The number of aryl methyl sites for hydroxylation is 1. The van der Waals surface area contributed by atoms with Crippen LogP contribution in [0.5, 0.6) is 0 Å². The molecule has 8 nitrogen and oxygen atoms in total. The number of aromatic nitrogens is 4. The molecule has 8 heteroatoms. The number of aromatic carboxylic acids is 1. The molecule has 0 aliphatic rings. The zero-order valence-electron chi connectivity index (χ0n) is 12.0. The van der Waals surface area contributed by atoms with Gasteiger partial charge < -0.3 is 10.4 Å². The summed E-state index contributed by atoms with van der Waals surface area (Å²) in [5, 5.41) is 12.4. The molecule has 0 aliphatic carbocycles. The van der Waals surface area contributed by atoms with E-state index < -0.39 is 17.6 Å². The second-order valence-corrected chi connectivity index (χ2v) is 4.71. The van der Waals surface area contributed by atoms with Crippen LogP contribution in [-0.2, 0) is 0 Å². The molecule has 2 N–H and O–H groups in total. The lowest BCUT2D eigenvalue weighted by Crippen LogP contribution is -2.20. The normalized spacial score (nSPS) is 10.5. The minimum atomic E-state index is -1.33. The van der Waals surface area contributed by atoms with Crippen molar-refractivity contribution in [3.05, 3.63) is 53.7 Å². The van der Waals surface area contributed by atoms with Crippen molar-refractivity contribution >= 4 is 28.7 Å². The first-order valence-electron chi connectivity index (χ1n) is 6.64. The van der Waals surface area contributed by atoms with Crippen molar-refractivity contribution in [3.8, 4) is 0 Å². The number of carbonyl (C=O) groups is 2. The fourth-order valence-corrected chi connectivity index (χ4v) is 2.07. The van der Waals surface area contributed by atoms with Crippen molar-refractivity contribution in [3.63, 3.8) is 0 Å². The molecule has 1 amide bonds. The van der Waals surface area contributed by atoms with Crippen LogP contribution in [0.2, 0.25) is 0 Å². The smallest absolute Gasteiger partial charge is 0.356 e. The number of nitrogens with zero attached hydrogens (tertiary/aromatic N) is 4. The van der Waals surface area contributed by atoms with E-state index >= 15 is 0 Å². The average molecular weight is 309 g/mol. The fourth-order valence-electron chi connectivity index (χ4n) is 2.07. The molecule has 114 valence electrons. The van der Waals surface area contributed by atoms with Crippen LogP contribution in [0.3, 0.4) is 0 Å². The Morgan fingerprint density at radius 2 is 1.74 bits per heavy atom. The van der Waals surface area contributed by atoms with E-state index in [-0.39, 0.29) is 11.5 Å². The first-order chi connectivity index (χ1) is 11.1. The second-order valence-electron chi connectivity index (χ2n) is 4.71. The molecular formula is C15H11N5O3. The lowest BCUT2D eigenvalue weighted by Gasteiger charge is -2.07. The number of fused-ring (bicyclic) bond motifs is 1. The summed E-state index contributed by atoms with van der Waals surface area (Å²) in [7, 11) is 0. The summed E-state index contributed by atoms with van der Waals surface area (Å²) in [5.74, 6) is -1.77. The summed E-state index contributed by atoms with van der Waals surface area (Å²) in [6.45, 7) is 1.93. The summed E-state index contributed by atoms with van der Waals surface area (Å²) < 4.78 is 0. The Kier molecular flexibility index (Phi) is 3.63. The van der Waals surface area contributed by atoms with E-state index in [0.717, 1.165) is 10.9 Å². The first-order valence-corrected chi connectivity index (χ1v) is 6.64. The lowest BCUT2D eigenvalue weighted by atomic mass is 10.2. The van der Waals surface area contributed by atoms with Gasteiger partial charge in [0.25, 0.3) is 5.91 Å². The van der Waals surface area contributed by atoms with Crippen molar-refractivity contribution < 1.29 is 14.7 Å². The molecule has 3 aromatic rings. The predicted molar refractivity (Wildman–Crippen MR) is 81.2 cm³/mol. The molecule has 0 aliphatic heterocycles. The van der Waals surface area contributed by atoms with Crippen LogP contribution in [0.4, 0.5) is 5.82 Å². The van der Waals surface area contributed by atoms with Crippen molar-refractivity contribution in [1.82, 2.24) is 19.9 Å². The second kappa shape index (κ2) is 5.76. The molecule has 0 bridgehead atoms. The highest BCUT2D eigenvalue weighted by Gasteiger charge is 2.19. The summed E-state index contributed by atoms with van der Waals surface area (Å²) >= 11 is 0. The van der Waals surface area contributed by atoms with Gasteiger partial charge >= 0.3 is 5.97 Å². The monoisotopic (exact) mass is 309 g/mol. The van der Waals surface area contributed by atoms with Gasteiger partial charge in [0, 0.05) is 24.0 Å². The Balaban J connectivity index is 1.93. The number of pyridine rings is 2. The average Bonchev–Trinajstić information content (AvgIpc) is 2.55. The number of hydrogen-bond acceptors (Lipinski definition) is 6. The number of anilines is 1.